The molecule has 7 heteroatoms. The SMILES string of the molecule is CCCC1=C(C(=O)OCC)[C@H](c2cc(OC)ccc2OC)n2c(nc3ccccc32)N1. The Labute approximate surface area is 181 Å². The van der Waals surface area contributed by atoms with Gasteiger partial charge in [0.25, 0.3) is 0 Å². The second-order valence-corrected chi connectivity index (χ2v) is 7.29. The van der Waals surface area contributed by atoms with Crippen molar-refractivity contribution in [2.24, 2.45) is 0 Å². The zero-order chi connectivity index (χ0) is 22.0. The van der Waals surface area contributed by atoms with E-state index in [0.717, 1.165) is 28.7 Å². The number of para-hydroxylation sites is 2. The molecule has 31 heavy (non-hydrogen) atoms. The summed E-state index contributed by atoms with van der Waals surface area (Å²) in [5, 5.41) is 3.40. The summed E-state index contributed by atoms with van der Waals surface area (Å²) < 4.78 is 18.7. The Hall–Kier alpha value is -3.48. The van der Waals surface area contributed by atoms with Crippen molar-refractivity contribution in [3.8, 4) is 11.5 Å². The van der Waals surface area contributed by atoms with Crippen LogP contribution in [0.25, 0.3) is 11.0 Å². The third-order valence-electron chi connectivity index (χ3n) is 5.44. The van der Waals surface area contributed by atoms with Crippen molar-refractivity contribution in [2.75, 3.05) is 26.1 Å². The number of fused-ring (bicyclic) bond motifs is 3. The molecule has 0 saturated heterocycles. The first kappa shape index (κ1) is 20.8. The molecule has 0 spiro atoms. The van der Waals surface area contributed by atoms with Gasteiger partial charge in [-0.15, -0.1) is 0 Å². The van der Waals surface area contributed by atoms with Gasteiger partial charge in [-0.05, 0) is 43.7 Å². The Morgan fingerprint density at radius 2 is 1.94 bits per heavy atom. The lowest BCUT2D eigenvalue weighted by atomic mass is 9.92. The van der Waals surface area contributed by atoms with Crippen LogP contribution in [-0.4, -0.2) is 36.3 Å². The average Bonchev–Trinajstić information content (AvgIpc) is 3.16. The predicted molar refractivity (Wildman–Crippen MR) is 120 cm³/mol. The van der Waals surface area contributed by atoms with Gasteiger partial charge in [-0.1, -0.05) is 25.5 Å². The number of benzene rings is 2. The van der Waals surface area contributed by atoms with Gasteiger partial charge in [0, 0.05) is 11.3 Å². The number of allylic oxidation sites excluding steroid dienone is 1. The first-order chi connectivity index (χ1) is 15.1. The molecule has 0 fully saturated rings. The van der Waals surface area contributed by atoms with Crippen LogP contribution in [0.5, 0.6) is 11.5 Å². The Morgan fingerprint density at radius 3 is 2.65 bits per heavy atom. The highest BCUT2D eigenvalue weighted by Crippen LogP contribution is 2.44. The predicted octanol–water partition coefficient (Wildman–Crippen LogP) is 4.69. The average molecular weight is 421 g/mol. The Bertz CT molecular complexity index is 1150. The van der Waals surface area contributed by atoms with Crippen molar-refractivity contribution in [3.63, 3.8) is 0 Å². The molecule has 0 bridgehead atoms. The van der Waals surface area contributed by atoms with E-state index < -0.39 is 6.04 Å². The topological polar surface area (TPSA) is 74.6 Å². The minimum Gasteiger partial charge on any atom is -0.497 e. The molecule has 0 aliphatic carbocycles. The van der Waals surface area contributed by atoms with E-state index in [9.17, 15) is 4.79 Å². The molecule has 0 unspecified atom stereocenters. The van der Waals surface area contributed by atoms with E-state index in [0.29, 0.717) is 36.0 Å². The number of nitrogens with one attached hydrogen (secondary N) is 1. The van der Waals surface area contributed by atoms with Crippen molar-refractivity contribution in [1.82, 2.24) is 9.55 Å². The second-order valence-electron chi connectivity index (χ2n) is 7.29. The summed E-state index contributed by atoms with van der Waals surface area (Å²) in [5.74, 6) is 1.68. The number of hydrogen-bond donors (Lipinski definition) is 1. The first-order valence-corrected chi connectivity index (χ1v) is 10.5. The molecule has 4 rings (SSSR count). The largest absolute Gasteiger partial charge is 0.497 e. The molecule has 1 aromatic heterocycles. The molecule has 0 saturated carbocycles. The van der Waals surface area contributed by atoms with Crippen LogP contribution < -0.4 is 14.8 Å². The van der Waals surface area contributed by atoms with Gasteiger partial charge in [0.15, 0.2) is 0 Å². The van der Waals surface area contributed by atoms with Gasteiger partial charge in [0.1, 0.15) is 11.5 Å². The van der Waals surface area contributed by atoms with Crippen LogP contribution in [0, 0.1) is 0 Å². The van der Waals surface area contributed by atoms with Crippen molar-refractivity contribution >= 4 is 23.0 Å². The second kappa shape index (κ2) is 8.71. The van der Waals surface area contributed by atoms with Gasteiger partial charge in [0.2, 0.25) is 5.95 Å². The standard InChI is InChI=1S/C24H27N3O4/c1-5-9-18-21(23(28)31-6-2)22(16-14-15(29-3)12-13-20(16)30-4)27-19-11-8-7-10-17(19)25-24(27)26-18/h7-8,10-14,22H,5-6,9H2,1-4H3,(H,25,26)/t22-/m0/s1. The summed E-state index contributed by atoms with van der Waals surface area (Å²) in [4.78, 5) is 18.1. The molecular weight excluding hydrogens is 394 g/mol. The van der Waals surface area contributed by atoms with Gasteiger partial charge in [-0.3, -0.25) is 4.57 Å². The maximum absolute atomic E-state index is 13.3. The molecule has 1 aliphatic heterocycles. The van der Waals surface area contributed by atoms with Gasteiger partial charge in [-0.2, -0.15) is 0 Å². The number of carbonyl (C=O) groups excluding carboxylic acids is 1. The number of carbonyl (C=O) groups is 1. The Morgan fingerprint density at radius 1 is 1.13 bits per heavy atom. The van der Waals surface area contributed by atoms with Gasteiger partial charge < -0.3 is 19.5 Å². The smallest absolute Gasteiger partial charge is 0.338 e. The molecule has 0 radical (unpaired) electrons. The third-order valence-corrected chi connectivity index (χ3v) is 5.44. The molecule has 7 nitrogen and oxygen atoms in total. The zero-order valence-corrected chi connectivity index (χ0v) is 18.3. The fourth-order valence-corrected chi connectivity index (χ4v) is 4.13. The Kier molecular flexibility index (Phi) is 5.84. The molecule has 162 valence electrons. The lowest BCUT2D eigenvalue weighted by Crippen LogP contribution is -2.30. The van der Waals surface area contributed by atoms with Gasteiger partial charge in [-0.25, -0.2) is 9.78 Å². The summed E-state index contributed by atoms with van der Waals surface area (Å²) in [6.07, 6.45) is 1.56. The number of esters is 1. The van der Waals surface area contributed by atoms with E-state index in [1.807, 2.05) is 54.0 Å². The molecule has 0 amide bonds. The van der Waals surface area contributed by atoms with E-state index in [2.05, 4.69) is 12.2 Å². The van der Waals surface area contributed by atoms with E-state index >= 15 is 0 Å². The van der Waals surface area contributed by atoms with Crippen LogP contribution in [0.15, 0.2) is 53.7 Å². The molecule has 3 aromatic rings. The maximum Gasteiger partial charge on any atom is 0.338 e. The normalized spacial score (nSPS) is 15.4. The number of nitrogens with zero attached hydrogens (tertiary/aromatic N) is 2. The van der Waals surface area contributed by atoms with Crippen LogP contribution in [0.3, 0.4) is 0 Å². The van der Waals surface area contributed by atoms with Gasteiger partial charge >= 0.3 is 5.97 Å². The maximum atomic E-state index is 13.3. The lowest BCUT2D eigenvalue weighted by molar-refractivity contribution is -0.139. The third kappa shape index (κ3) is 3.60. The van der Waals surface area contributed by atoms with Gasteiger partial charge in [0.05, 0.1) is 43.5 Å². The Balaban J connectivity index is 2.05. The monoisotopic (exact) mass is 421 g/mol. The number of ether oxygens (including phenoxy) is 3. The van der Waals surface area contributed by atoms with Crippen molar-refractivity contribution in [2.45, 2.75) is 32.7 Å². The minimum atomic E-state index is -0.478. The summed E-state index contributed by atoms with van der Waals surface area (Å²) in [6, 6.07) is 13.0. The molecule has 1 atom stereocenters. The van der Waals surface area contributed by atoms with Crippen LogP contribution >= 0.6 is 0 Å². The molecule has 1 N–H and O–H groups in total. The van der Waals surface area contributed by atoms with Crippen LogP contribution in [0.2, 0.25) is 0 Å². The first-order valence-electron chi connectivity index (χ1n) is 10.5. The summed E-state index contributed by atoms with van der Waals surface area (Å²) in [7, 11) is 3.25. The quantitative estimate of drug-likeness (QED) is 0.558. The summed E-state index contributed by atoms with van der Waals surface area (Å²) in [5.41, 5.74) is 3.95. The highest BCUT2D eigenvalue weighted by atomic mass is 16.5. The minimum absolute atomic E-state index is 0.293. The summed E-state index contributed by atoms with van der Waals surface area (Å²) in [6.45, 7) is 4.19. The highest BCUT2D eigenvalue weighted by Gasteiger charge is 2.37. The van der Waals surface area contributed by atoms with Crippen molar-refractivity contribution in [1.29, 1.82) is 0 Å². The van der Waals surface area contributed by atoms with E-state index in [1.54, 1.807) is 14.2 Å². The highest BCUT2D eigenvalue weighted by molar-refractivity contribution is 5.94. The molecule has 1 aliphatic rings. The van der Waals surface area contributed by atoms with Crippen LogP contribution in [0.4, 0.5) is 5.95 Å². The van der Waals surface area contributed by atoms with Crippen molar-refractivity contribution in [3.05, 3.63) is 59.3 Å². The number of aromatic nitrogens is 2. The zero-order valence-electron chi connectivity index (χ0n) is 18.3. The van der Waals surface area contributed by atoms with Crippen LogP contribution in [-0.2, 0) is 9.53 Å². The number of hydrogen-bond acceptors (Lipinski definition) is 6. The van der Waals surface area contributed by atoms with E-state index in [-0.39, 0.29) is 5.97 Å². The number of imidazole rings is 1. The van der Waals surface area contributed by atoms with Crippen molar-refractivity contribution < 1.29 is 19.0 Å². The lowest BCUT2D eigenvalue weighted by Gasteiger charge is -2.32. The fraction of sp³-hybridized carbons (Fsp3) is 0.333. The number of rotatable bonds is 7. The number of methoxy groups -OCH3 is 2. The molecular formula is C24H27N3O4. The fourth-order valence-electron chi connectivity index (χ4n) is 4.13. The molecule has 2 aromatic carbocycles. The summed E-state index contributed by atoms with van der Waals surface area (Å²) >= 11 is 0. The molecule has 2 heterocycles. The van der Waals surface area contributed by atoms with E-state index in [4.69, 9.17) is 19.2 Å². The van der Waals surface area contributed by atoms with Crippen LogP contribution in [0.1, 0.15) is 38.3 Å². The number of anilines is 1. The van der Waals surface area contributed by atoms with E-state index in [1.165, 1.54) is 0 Å².